The minimum atomic E-state index is 0.181. The molecular weight excluding hydrogens is 260 g/mol. The van der Waals surface area contributed by atoms with Crippen LogP contribution in [-0.2, 0) is 11.2 Å². The zero-order valence-electron chi connectivity index (χ0n) is 10.2. The molecule has 3 heteroatoms. The summed E-state index contributed by atoms with van der Waals surface area (Å²) in [6.07, 6.45) is 3.23. The fourth-order valence-electron chi connectivity index (χ4n) is 1.77. The van der Waals surface area contributed by atoms with E-state index in [2.05, 4.69) is 0 Å². The van der Waals surface area contributed by atoms with E-state index in [1.54, 1.807) is 24.3 Å². The van der Waals surface area contributed by atoms with Crippen LogP contribution in [0.1, 0.15) is 11.1 Å². The monoisotopic (exact) mass is 272 g/mol. The Morgan fingerprint density at radius 3 is 2.42 bits per heavy atom. The van der Waals surface area contributed by atoms with Crippen molar-refractivity contribution in [3.63, 3.8) is 0 Å². The Labute approximate surface area is 117 Å². The molecule has 0 aromatic heterocycles. The highest BCUT2D eigenvalue weighted by Crippen LogP contribution is 2.20. The summed E-state index contributed by atoms with van der Waals surface area (Å²) in [4.78, 5) is 11.1. The standard InChI is InChI=1S/C16H13ClO2/c17-16-4-2-1-3-13(16)5-6-14(11-18)12-7-9-15(19)10-8-12/h1-4,6-11,19H,5H2. The Hall–Kier alpha value is -2.06. The summed E-state index contributed by atoms with van der Waals surface area (Å²) in [6.45, 7) is 0. The van der Waals surface area contributed by atoms with E-state index < -0.39 is 0 Å². The molecule has 0 saturated heterocycles. The predicted octanol–water partition coefficient (Wildman–Crippen LogP) is 3.87. The van der Waals surface area contributed by atoms with Crippen LogP contribution in [-0.4, -0.2) is 11.4 Å². The number of halogens is 1. The fraction of sp³-hybridized carbons (Fsp3) is 0.0625. The van der Waals surface area contributed by atoms with E-state index in [1.165, 1.54) is 0 Å². The van der Waals surface area contributed by atoms with Crippen molar-refractivity contribution in [2.24, 2.45) is 0 Å². The summed E-state index contributed by atoms with van der Waals surface area (Å²) in [6, 6.07) is 14.1. The van der Waals surface area contributed by atoms with Crippen LogP contribution in [0.3, 0.4) is 0 Å². The lowest BCUT2D eigenvalue weighted by Gasteiger charge is -2.03. The van der Waals surface area contributed by atoms with Gasteiger partial charge in [0, 0.05) is 10.6 Å². The van der Waals surface area contributed by atoms with Gasteiger partial charge in [-0.15, -0.1) is 0 Å². The van der Waals surface area contributed by atoms with E-state index >= 15 is 0 Å². The molecule has 0 radical (unpaired) electrons. The number of hydrogen-bond donors (Lipinski definition) is 1. The minimum absolute atomic E-state index is 0.181. The molecule has 96 valence electrons. The van der Waals surface area contributed by atoms with Gasteiger partial charge in [0.15, 0.2) is 0 Å². The molecule has 0 fully saturated rings. The van der Waals surface area contributed by atoms with E-state index in [4.69, 9.17) is 11.6 Å². The molecule has 0 bridgehead atoms. The maximum atomic E-state index is 11.1. The first kappa shape index (κ1) is 13.4. The van der Waals surface area contributed by atoms with E-state index in [-0.39, 0.29) is 5.75 Å². The highest BCUT2D eigenvalue weighted by Gasteiger charge is 2.02. The van der Waals surface area contributed by atoms with E-state index in [0.717, 1.165) is 17.4 Å². The van der Waals surface area contributed by atoms with Gasteiger partial charge in [-0.1, -0.05) is 48.0 Å². The van der Waals surface area contributed by atoms with Crippen molar-refractivity contribution in [2.75, 3.05) is 0 Å². The van der Waals surface area contributed by atoms with Crippen LogP contribution in [0.15, 0.2) is 54.6 Å². The molecule has 1 N–H and O–H groups in total. The molecule has 0 unspecified atom stereocenters. The molecular formula is C16H13ClO2. The average Bonchev–Trinajstić information content (AvgIpc) is 2.43. The molecule has 2 rings (SSSR count). The highest BCUT2D eigenvalue weighted by atomic mass is 35.5. The van der Waals surface area contributed by atoms with E-state index in [9.17, 15) is 9.90 Å². The zero-order chi connectivity index (χ0) is 13.7. The normalized spacial score (nSPS) is 11.3. The first-order chi connectivity index (χ1) is 9.20. The first-order valence-electron chi connectivity index (χ1n) is 5.89. The van der Waals surface area contributed by atoms with E-state index in [0.29, 0.717) is 17.0 Å². The molecule has 19 heavy (non-hydrogen) atoms. The molecule has 0 heterocycles. The van der Waals surface area contributed by atoms with Crippen LogP contribution in [0.4, 0.5) is 0 Å². The molecule has 2 aromatic carbocycles. The third-order valence-corrected chi connectivity index (χ3v) is 3.20. The molecule has 0 atom stereocenters. The molecule has 2 aromatic rings. The molecule has 2 nitrogen and oxygen atoms in total. The quantitative estimate of drug-likeness (QED) is 0.678. The molecule has 0 amide bonds. The van der Waals surface area contributed by atoms with Gasteiger partial charge in [0.1, 0.15) is 12.0 Å². The number of hydrogen-bond acceptors (Lipinski definition) is 2. The topological polar surface area (TPSA) is 37.3 Å². The van der Waals surface area contributed by atoms with Gasteiger partial charge >= 0.3 is 0 Å². The smallest absolute Gasteiger partial charge is 0.150 e. The Kier molecular flexibility index (Phi) is 4.37. The van der Waals surface area contributed by atoms with Gasteiger partial charge in [-0.05, 0) is 35.7 Å². The van der Waals surface area contributed by atoms with Crippen molar-refractivity contribution < 1.29 is 9.90 Å². The minimum Gasteiger partial charge on any atom is -0.508 e. The third kappa shape index (κ3) is 3.46. The van der Waals surface area contributed by atoms with Crippen LogP contribution in [0.2, 0.25) is 5.02 Å². The number of phenolic OH excluding ortho intramolecular Hbond substituents is 1. The maximum absolute atomic E-state index is 11.1. The van der Waals surface area contributed by atoms with Crippen LogP contribution >= 0.6 is 11.6 Å². The summed E-state index contributed by atoms with van der Waals surface area (Å²) >= 11 is 6.07. The van der Waals surface area contributed by atoms with Gasteiger partial charge < -0.3 is 5.11 Å². The largest absolute Gasteiger partial charge is 0.508 e. The third-order valence-electron chi connectivity index (χ3n) is 2.83. The molecule has 0 spiro atoms. The second-order valence-electron chi connectivity index (χ2n) is 4.12. The second-order valence-corrected chi connectivity index (χ2v) is 4.53. The van der Waals surface area contributed by atoms with Crippen molar-refractivity contribution in [1.82, 2.24) is 0 Å². The Balaban J connectivity index is 2.23. The second kappa shape index (κ2) is 6.21. The van der Waals surface area contributed by atoms with Gasteiger partial charge in [-0.3, -0.25) is 4.79 Å². The van der Waals surface area contributed by atoms with Crippen LogP contribution in [0.5, 0.6) is 5.75 Å². The van der Waals surface area contributed by atoms with Gasteiger partial charge in [0.25, 0.3) is 0 Å². The average molecular weight is 273 g/mol. The lowest BCUT2D eigenvalue weighted by Crippen LogP contribution is -1.89. The molecule has 0 saturated carbocycles. The summed E-state index contributed by atoms with van der Waals surface area (Å²) in [7, 11) is 0. The number of phenols is 1. The predicted molar refractivity (Wildman–Crippen MR) is 77.3 cm³/mol. The van der Waals surface area contributed by atoms with Crippen LogP contribution in [0.25, 0.3) is 5.57 Å². The summed E-state index contributed by atoms with van der Waals surface area (Å²) in [5, 5.41) is 9.92. The first-order valence-corrected chi connectivity index (χ1v) is 6.26. The number of benzene rings is 2. The summed E-state index contributed by atoms with van der Waals surface area (Å²) < 4.78 is 0. The molecule has 0 aliphatic heterocycles. The number of carbonyl (C=O) groups excluding carboxylic acids is 1. The van der Waals surface area contributed by atoms with Crippen molar-refractivity contribution in [3.8, 4) is 5.75 Å². The van der Waals surface area contributed by atoms with Gasteiger partial charge in [0.2, 0.25) is 0 Å². The molecule has 0 aliphatic carbocycles. The number of aldehydes is 1. The van der Waals surface area contributed by atoms with Crippen LogP contribution in [0, 0.1) is 0 Å². The van der Waals surface area contributed by atoms with Crippen LogP contribution < -0.4 is 0 Å². The zero-order valence-corrected chi connectivity index (χ0v) is 11.0. The number of aromatic hydroxyl groups is 1. The van der Waals surface area contributed by atoms with Gasteiger partial charge in [-0.2, -0.15) is 0 Å². The lowest BCUT2D eigenvalue weighted by atomic mass is 10.0. The van der Waals surface area contributed by atoms with Crippen molar-refractivity contribution in [3.05, 3.63) is 70.8 Å². The van der Waals surface area contributed by atoms with Crippen molar-refractivity contribution in [2.45, 2.75) is 6.42 Å². The van der Waals surface area contributed by atoms with Crippen molar-refractivity contribution >= 4 is 23.5 Å². The summed E-state index contributed by atoms with van der Waals surface area (Å²) in [5.41, 5.74) is 2.34. The maximum Gasteiger partial charge on any atom is 0.150 e. The summed E-state index contributed by atoms with van der Waals surface area (Å²) in [5.74, 6) is 0.181. The number of allylic oxidation sites excluding steroid dienone is 2. The van der Waals surface area contributed by atoms with Gasteiger partial charge in [0.05, 0.1) is 0 Å². The Morgan fingerprint density at radius 2 is 1.79 bits per heavy atom. The van der Waals surface area contributed by atoms with E-state index in [1.807, 2.05) is 30.3 Å². The number of carbonyl (C=O) groups is 1. The Bertz CT molecular complexity index is 600. The number of rotatable bonds is 4. The Morgan fingerprint density at radius 1 is 1.11 bits per heavy atom. The molecule has 0 aliphatic rings. The van der Waals surface area contributed by atoms with Gasteiger partial charge in [-0.25, -0.2) is 0 Å². The van der Waals surface area contributed by atoms with Crippen molar-refractivity contribution in [1.29, 1.82) is 0 Å². The highest BCUT2D eigenvalue weighted by molar-refractivity contribution is 6.31. The fourth-order valence-corrected chi connectivity index (χ4v) is 1.98. The lowest BCUT2D eigenvalue weighted by molar-refractivity contribution is -0.103. The SMILES string of the molecule is O=CC(=CCc1ccccc1Cl)c1ccc(O)cc1.